The quantitative estimate of drug-likeness (QED) is 0.643. The van der Waals surface area contributed by atoms with Gasteiger partial charge in [0.05, 0.1) is 19.3 Å². The number of nitrogens with zero attached hydrogens (tertiary/aromatic N) is 1. The van der Waals surface area contributed by atoms with Gasteiger partial charge in [0.2, 0.25) is 5.91 Å². The van der Waals surface area contributed by atoms with Crippen molar-refractivity contribution in [2.45, 2.75) is 45.6 Å². The molecule has 2 N–H and O–H groups in total. The molecule has 3 rings (SSSR count). The number of nitrogens with one attached hydrogen (secondary N) is 2. The van der Waals surface area contributed by atoms with Crippen LogP contribution in [0.4, 0.5) is 0 Å². The van der Waals surface area contributed by atoms with Gasteiger partial charge in [-0.15, -0.1) is 0 Å². The van der Waals surface area contributed by atoms with Gasteiger partial charge in [-0.3, -0.25) is 14.5 Å². The van der Waals surface area contributed by atoms with Crippen LogP contribution in [0.5, 0.6) is 0 Å². The molecule has 0 saturated carbocycles. The van der Waals surface area contributed by atoms with E-state index in [0.29, 0.717) is 31.9 Å². The molecule has 1 unspecified atom stereocenters. The van der Waals surface area contributed by atoms with Gasteiger partial charge in [0.1, 0.15) is 0 Å². The largest absolute Gasteiger partial charge is 0.379 e. The zero-order valence-electron chi connectivity index (χ0n) is 20.3. The molecule has 0 aromatic heterocycles. The van der Waals surface area contributed by atoms with E-state index in [1.807, 2.05) is 24.3 Å². The molecule has 1 heterocycles. The molecule has 1 atom stereocenters. The number of ether oxygens (including phenoxy) is 1. The van der Waals surface area contributed by atoms with Crippen LogP contribution in [0, 0.1) is 6.92 Å². The van der Waals surface area contributed by atoms with Crippen LogP contribution in [0.1, 0.15) is 60.3 Å². The molecule has 6 nitrogen and oxygen atoms in total. The number of hydrogen-bond donors (Lipinski definition) is 2. The van der Waals surface area contributed by atoms with E-state index in [-0.39, 0.29) is 29.7 Å². The molecule has 0 aliphatic carbocycles. The molecule has 0 bridgehead atoms. The zero-order valence-corrected chi connectivity index (χ0v) is 20.3. The molecule has 33 heavy (non-hydrogen) atoms. The average Bonchev–Trinajstić information content (AvgIpc) is 2.80. The lowest BCUT2D eigenvalue weighted by Crippen LogP contribution is -2.44. The summed E-state index contributed by atoms with van der Waals surface area (Å²) in [5, 5.41) is 5.91. The SMILES string of the molecule is Cc1ccc(C(CNC(=O)CCNC(=O)c2ccc(C(C)(C)C)cc2)N2CCOCC2)cc1. The van der Waals surface area contributed by atoms with Crippen molar-refractivity contribution >= 4 is 11.8 Å². The van der Waals surface area contributed by atoms with E-state index in [1.165, 1.54) is 16.7 Å². The first-order valence-corrected chi connectivity index (χ1v) is 11.8. The van der Waals surface area contributed by atoms with Crippen LogP contribution in [0.15, 0.2) is 48.5 Å². The summed E-state index contributed by atoms with van der Waals surface area (Å²) in [5.74, 6) is -0.224. The number of benzene rings is 2. The van der Waals surface area contributed by atoms with Crippen LogP contribution in [0.2, 0.25) is 0 Å². The first-order valence-electron chi connectivity index (χ1n) is 11.8. The summed E-state index contributed by atoms with van der Waals surface area (Å²) >= 11 is 0. The molecule has 1 saturated heterocycles. The van der Waals surface area contributed by atoms with Gasteiger partial charge in [0.15, 0.2) is 0 Å². The van der Waals surface area contributed by atoms with E-state index >= 15 is 0 Å². The van der Waals surface area contributed by atoms with Crippen LogP contribution in [0.3, 0.4) is 0 Å². The number of morpholine rings is 1. The maximum atomic E-state index is 12.5. The Morgan fingerprint density at radius 2 is 1.61 bits per heavy atom. The second-order valence-electron chi connectivity index (χ2n) is 9.71. The first-order chi connectivity index (χ1) is 15.7. The van der Waals surface area contributed by atoms with Crippen molar-refractivity contribution < 1.29 is 14.3 Å². The first kappa shape index (κ1) is 24.9. The predicted octanol–water partition coefficient (Wildman–Crippen LogP) is 3.60. The van der Waals surface area contributed by atoms with Gasteiger partial charge in [0, 0.05) is 38.2 Å². The summed E-state index contributed by atoms with van der Waals surface area (Å²) in [4.78, 5) is 27.3. The third-order valence-corrected chi connectivity index (χ3v) is 6.09. The minimum atomic E-state index is -0.158. The lowest BCUT2D eigenvalue weighted by Gasteiger charge is -2.35. The zero-order chi connectivity index (χ0) is 23.8. The van der Waals surface area contributed by atoms with E-state index < -0.39 is 0 Å². The van der Waals surface area contributed by atoms with Crippen molar-refractivity contribution in [2.24, 2.45) is 0 Å². The predicted molar refractivity (Wildman–Crippen MR) is 131 cm³/mol. The molecule has 1 aliphatic rings. The lowest BCUT2D eigenvalue weighted by atomic mass is 9.87. The fraction of sp³-hybridized carbons (Fsp3) is 0.481. The molecule has 2 amide bonds. The molecular weight excluding hydrogens is 414 g/mol. The lowest BCUT2D eigenvalue weighted by molar-refractivity contribution is -0.121. The number of amides is 2. The maximum Gasteiger partial charge on any atom is 0.251 e. The van der Waals surface area contributed by atoms with Crippen molar-refractivity contribution in [1.82, 2.24) is 15.5 Å². The molecule has 0 spiro atoms. The fourth-order valence-corrected chi connectivity index (χ4v) is 3.95. The highest BCUT2D eigenvalue weighted by Gasteiger charge is 2.23. The molecule has 1 fully saturated rings. The smallest absolute Gasteiger partial charge is 0.251 e. The van der Waals surface area contributed by atoms with Gasteiger partial charge in [-0.1, -0.05) is 62.7 Å². The van der Waals surface area contributed by atoms with Crippen LogP contribution in [-0.4, -0.2) is 56.1 Å². The van der Waals surface area contributed by atoms with Crippen LogP contribution >= 0.6 is 0 Å². The Labute approximate surface area is 197 Å². The van der Waals surface area contributed by atoms with Crippen LogP contribution < -0.4 is 10.6 Å². The summed E-state index contributed by atoms with van der Waals surface area (Å²) in [5.41, 5.74) is 4.24. The molecular formula is C27H37N3O3. The highest BCUT2D eigenvalue weighted by atomic mass is 16.5. The Hall–Kier alpha value is -2.70. The summed E-state index contributed by atoms with van der Waals surface area (Å²) in [6, 6.07) is 16.2. The fourth-order valence-electron chi connectivity index (χ4n) is 3.95. The molecule has 0 radical (unpaired) electrons. The minimum absolute atomic E-state index is 0.0464. The third-order valence-electron chi connectivity index (χ3n) is 6.09. The van der Waals surface area contributed by atoms with Crippen molar-refractivity contribution in [3.63, 3.8) is 0 Å². The molecule has 1 aliphatic heterocycles. The standard InChI is InChI=1S/C27H37N3O3/c1-20-5-7-21(8-6-20)24(30-15-17-33-18-16-30)19-29-25(31)13-14-28-26(32)22-9-11-23(12-10-22)27(2,3)4/h5-12,24H,13-19H2,1-4H3,(H,28,32)(H,29,31). The Balaban J connectivity index is 1.48. The van der Waals surface area contributed by atoms with Crippen molar-refractivity contribution in [1.29, 1.82) is 0 Å². The number of carbonyl (C=O) groups is 2. The summed E-state index contributed by atoms with van der Waals surface area (Å²) < 4.78 is 5.50. The number of hydrogen-bond acceptors (Lipinski definition) is 4. The van der Waals surface area contributed by atoms with E-state index in [4.69, 9.17) is 4.74 Å². The van der Waals surface area contributed by atoms with Gasteiger partial charge >= 0.3 is 0 Å². The van der Waals surface area contributed by atoms with Crippen LogP contribution in [0.25, 0.3) is 0 Å². The second kappa shape index (κ2) is 11.4. The van der Waals surface area contributed by atoms with Gasteiger partial charge in [-0.2, -0.15) is 0 Å². The summed E-state index contributed by atoms with van der Waals surface area (Å²) in [7, 11) is 0. The van der Waals surface area contributed by atoms with Gasteiger partial charge in [0.25, 0.3) is 5.91 Å². The molecule has 6 heteroatoms. The van der Waals surface area contributed by atoms with Crippen LogP contribution in [-0.2, 0) is 14.9 Å². The van der Waals surface area contributed by atoms with Gasteiger partial charge < -0.3 is 15.4 Å². The second-order valence-corrected chi connectivity index (χ2v) is 9.71. The molecule has 178 valence electrons. The van der Waals surface area contributed by atoms with Gasteiger partial charge in [-0.05, 0) is 35.6 Å². The number of rotatable bonds is 8. The topological polar surface area (TPSA) is 70.7 Å². The number of aryl methyl sites for hydroxylation is 1. The Morgan fingerprint density at radius 1 is 0.970 bits per heavy atom. The normalized spacial score (nSPS) is 15.6. The summed E-state index contributed by atoms with van der Waals surface area (Å²) in [6.07, 6.45) is 0.246. The molecule has 2 aromatic rings. The minimum Gasteiger partial charge on any atom is -0.379 e. The van der Waals surface area contributed by atoms with E-state index in [9.17, 15) is 9.59 Å². The number of carbonyl (C=O) groups excluding carboxylic acids is 2. The van der Waals surface area contributed by atoms with Crippen molar-refractivity contribution in [2.75, 3.05) is 39.4 Å². The Kier molecular flexibility index (Phi) is 8.64. The van der Waals surface area contributed by atoms with E-state index in [0.717, 1.165) is 13.1 Å². The average molecular weight is 452 g/mol. The maximum absolute atomic E-state index is 12.5. The molecule has 2 aromatic carbocycles. The van der Waals surface area contributed by atoms with Crippen molar-refractivity contribution in [3.8, 4) is 0 Å². The van der Waals surface area contributed by atoms with E-state index in [2.05, 4.69) is 67.5 Å². The van der Waals surface area contributed by atoms with Crippen molar-refractivity contribution in [3.05, 3.63) is 70.8 Å². The Bertz CT molecular complexity index is 911. The highest BCUT2D eigenvalue weighted by molar-refractivity contribution is 5.94. The monoisotopic (exact) mass is 451 g/mol. The Morgan fingerprint density at radius 3 is 2.21 bits per heavy atom. The van der Waals surface area contributed by atoms with Gasteiger partial charge in [-0.25, -0.2) is 0 Å². The summed E-state index contributed by atoms with van der Waals surface area (Å²) in [6.45, 7) is 12.4. The van der Waals surface area contributed by atoms with E-state index in [1.54, 1.807) is 0 Å². The third kappa shape index (κ3) is 7.41. The highest BCUT2D eigenvalue weighted by Crippen LogP contribution is 2.23.